The van der Waals surface area contributed by atoms with Crippen LogP contribution < -0.4 is 0 Å². The molecule has 0 amide bonds. The molecule has 3 nitrogen and oxygen atoms in total. The number of hydrogen-bond acceptors (Lipinski definition) is 1. The van der Waals surface area contributed by atoms with E-state index in [4.69, 9.17) is 23.2 Å². The van der Waals surface area contributed by atoms with Gasteiger partial charge in [-0.15, -0.1) is 0 Å². The molecule has 21 heavy (non-hydrogen) atoms. The third-order valence-electron chi connectivity index (χ3n) is 3.55. The first-order valence-electron chi connectivity index (χ1n) is 6.67. The van der Waals surface area contributed by atoms with E-state index in [1.807, 2.05) is 42.5 Å². The maximum Gasteiger partial charge on any atom is 0.0951 e. The summed E-state index contributed by atoms with van der Waals surface area (Å²) >= 11 is 12.3. The predicted molar refractivity (Wildman–Crippen MR) is 85.9 cm³/mol. The minimum absolute atomic E-state index is 0.160. The second-order valence-corrected chi connectivity index (χ2v) is 5.92. The fourth-order valence-corrected chi connectivity index (χ4v) is 2.95. The zero-order chi connectivity index (χ0) is 14.8. The fourth-order valence-electron chi connectivity index (χ4n) is 2.47. The number of benzene rings is 1. The summed E-state index contributed by atoms with van der Waals surface area (Å²) in [6.07, 6.45) is 10.6. The number of aryl methyl sites for hydroxylation is 1. The molecule has 0 radical (unpaired) electrons. The van der Waals surface area contributed by atoms with Gasteiger partial charge in [0.05, 0.1) is 12.4 Å². The molecule has 5 heteroatoms. The lowest BCUT2D eigenvalue weighted by molar-refractivity contribution is 0.580. The van der Waals surface area contributed by atoms with Crippen LogP contribution in [0, 0.1) is 0 Å². The van der Waals surface area contributed by atoms with E-state index in [2.05, 4.69) is 21.8 Å². The Labute approximate surface area is 133 Å². The zero-order valence-electron chi connectivity index (χ0n) is 11.6. The van der Waals surface area contributed by atoms with Gasteiger partial charge in [0, 0.05) is 41.9 Å². The van der Waals surface area contributed by atoms with Crippen LogP contribution in [0.3, 0.4) is 0 Å². The molecule has 0 bridgehead atoms. The Morgan fingerprint density at radius 3 is 2.67 bits per heavy atom. The molecular formula is C16H15Cl2N3. The number of nitrogens with zero attached hydrogens (tertiary/aromatic N) is 3. The quantitative estimate of drug-likeness (QED) is 0.700. The van der Waals surface area contributed by atoms with E-state index < -0.39 is 0 Å². The summed E-state index contributed by atoms with van der Waals surface area (Å²) in [5.41, 5.74) is 2.30. The van der Waals surface area contributed by atoms with E-state index in [-0.39, 0.29) is 6.04 Å². The highest BCUT2D eigenvalue weighted by Gasteiger charge is 2.16. The molecular weight excluding hydrogens is 305 g/mol. The normalized spacial score (nSPS) is 12.5. The van der Waals surface area contributed by atoms with Crippen LogP contribution >= 0.6 is 23.2 Å². The minimum atomic E-state index is 0.160. The van der Waals surface area contributed by atoms with E-state index in [0.717, 1.165) is 12.0 Å². The van der Waals surface area contributed by atoms with Crippen LogP contribution in [0.4, 0.5) is 0 Å². The summed E-state index contributed by atoms with van der Waals surface area (Å²) in [6, 6.07) is 7.92. The number of hydrogen-bond donors (Lipinski definition) is 0. The maximum absolute atomic E-state index is 6.31. The van der Waals surface area contributed by atoms with Gasteiger partial charge in [-0.2, -0.15) is 0 Å². The Bertz CT molecular complexity index is 732. The van der Waals surface area contributed by atoms with Crippen LogP contribution in [0.25, 0.3) is 0 Å². The molecule has 1 atom stereocenters. The largest absolute Gasteiger partial charge is 0.357 e. The van der Waals surface area contributed by atoms with Gasteiger partial charge < -0.3 is 9.13 Å². The fraction of sp³-hybridized carbons (Fsp3) is 0.188. The van der Waals surface area contributed by atoms with Gasteiger partial charge in [-0.05, 0) is 35.7 Å². The third-order valence-corrected chi connectivity index (χ3v) is 4.14. The zero-order valence-corrected chi connectivity index (χ0v) is 13.1. The molecule has 3 rings (SSSR count). The van der Waals surface area contributed by atoms with Crippen molar-refractivity contribution >= 4 is 23.2 Å². The Balaban J connectivity index is 1.96. The van der Waals surface area contributed by atoms with E-state index in [0.29, 0.717) is 10.0 Å². The standard InChI is InChI=1S/C16H15Cl2N3/c1-20-6-4-13(10-20)16(21-7-5-19-11-21)8-12-2-3-14(17)9-15(12)18/h2-7,9-11,16H,8H2,1H3. The van der Waals surface area contributed by atoms with Gasteiger partial charge >= 0.3 is 0 Å². The minimum Gasteiger partial charge on any atom is -0.357 e. The lowest BCUT2D eigenvalue weighted by Gasteiger charge is -2.18. The van der Waals surface area contributed by atoms with Crippen molar-refractivity contribution in [2.75, 3.05) is 0 Å². The van der Waals surface area contributed by atoms with Crippen LogP contribution in [-0.2, 0) is 13.5 Å². The topological polar surface area (TPSA) is 22.8 Å². The molecule has 0 aliphatic carbocycles. The molecule has 2 heterocycles. The van der Waals surface area contributed by atoms with Crippen LogP contribution in [0.15, 0.2) is 55.4 Å². The molecule has 0 aliphatic rings. The lowest BCUT2D eigenvalue weighted by atomic mass is 10.0. The Morgan fingerprint density at radius 2 is 2.05 bits per heavy atom. The summed E-state index contributed by atoms with van der Waals surface area (Å²) in [6.45, 7) is 0. The van der Waals surface area contributed by atoms with Crippen molar-refractivity contribution in [2.24, 2.45) is 7.05 Å². The van der Waals surface area contributed by atoms with E-state index in [1.165, 1.54) is 5.56 Å². The smallest absolute Gasteiger partial charge is 0.0951 e. The Kier molecular flexibility index (Phi) is 4.04. The first-order chi connectivity index (χ1) is 10.1. The van der Waals surface area contributed by atoms with Gasteiger partial charge in [0.15, 0.2) is 0 Å². The highest BCUT2D eigenvalue weighted by Crippen LogP contribution is 2.28. The first-order valence-corrected chi connectivity index (χ1v) is 7.42. The Hall–Kier alpha value is -1.71. The molecule has 0 N–H and O–H groups in total. The van der Waals surface area contributed by atoms with Crippen LogP contribution in [-0.4, -0.2) is 14.1 Å². The predicted octanol–water partition coefficient (Wildman–Crippen LogP) is 4.36. The van der Waals surface area contributed by atoms with Crippen molar-refractivity contribution in [3.05, 3.63) is 76.6 Å². The lowest BCUT2D eigenvalue weighted by Crippen LogP contribution is -2.11. The molecule has 1 unspecified atom stereocenters. The third kappa shape index (κ3) is 3.14. The van der Waals surface area contributed by atoms with Gasteiger partial charge in [0.25, 0.3) is 0 Å². The second-order valence-electron chi connectivity index (χ2n) is 5.08. The Morgan fingerprint density at radius 1 is 1.19 bits per heavy atom. The average Bonchev–Trinajstić information content (AvgIpc) is 3.09. The van der Waals surface area contributed by atoms with Crippen LogP contribution in [0.5, 0.6) is 0 Å². The summed E-state index contributed by atoms with van der Waals surface area (Å²) in [7, 11) is 2.02. The van der Waals surface area contributed by atoms with Crippen molar-refractivity contribution in [1.29, 1.82) is 0 Å². The SMILES string of the molecule is Cn1ccc(C(Cc2ccc(Cl)cc2Cl)n2ccnc2)c1. The van der Waals surface area contributed by atoms with Crippen LogP contribution in [0.1, 0.15) is 17.2 Å². The second kappa shape index (κ2) is 5.96. The average molecular weight is 320 g/mol. The summed E-state index contributed by atoms with van der Waals surface area (Å²) in [5, 5.41) is 1.35. The van der Waals surface area contributed by atoms with Crippen molar-refractivity contribution in [3.8, 4) is 0 Å². The molecule has 0 aliphatic heterocycles. The van der Waals surface area contributed by atoms with E-state index >= 15 is 0 Å². The summed E-state index contributed by atoms with van der Waals surface area (Å²) in [5.74, 6) is 0. The summed E-state index contributed by atoms with van der Waals surface area (Å²) in [4.78, 5) is 4.16. The molecule has 0 spiro atoms. The van der Waals surface area contributed by atoms with Crippen LogP contribution in [0.2, 0.25) is 10.0 Å². The molecule has 108 valence electrons. The number of imidazole rings is 1. The van der Waals surface area contributed by atoms with Crippen molar-refractivity contribution < 1.29 is 0 Å². The molecule has 0 saturated carbocycles. The monoisotopic (exact) mass is 319 g/mol. The summed E-state index contributed by atoms with van der Waals surface area (Å²) < 4.78 is 4.14. The number of halogens is 2. The van der Waals surface area contributed by atoms with Crippen molar-refractivity contribution in [1.82, 2.24) is 14.1 Å². The van der Waals surface area contributed by atoms with Gasteiger partial charge in [0.2, 0.25) is 0 Å². The highest BCUT2D eigenvalue weighted by atomic mass is 35.5. The highest BCUT2D eigenvalue weighted by molar-refractivity contribution is 6.35. The molecule has 1 aromatic carbocycles. The van der Waals surface area contributed by atoms with E-state index in [9.17, 15) is 0 Å². The molecule has 2 aromatic heterocycles. The van der Waals surface area contributed by atoms with Gasteiger partial charge in [-0.1, -0.05) is 29.3 Å². The van der Waals surface area contributed by atoms with Crippen molar-refractivity contribution in [2.45, 2.75) is 12.5 Å². The first kappa shape index (κ1) is 14.2. The molecule has 0 fully saturated rings. The number of aromatic nitrogens is 3. The van der Waals surface area contributed by atoms with Crippen molar-refractivity contribution in [3.63, 3.8) is 0 Å². The molecule has 3 aromatic rings. The molecule has 0 saturated heterocycles. The van der Waals surface area contributed by atoms with Gasteiger partial charge in [0.1, 0.15) is 0 Å². The van der Waals surface area contributed by atoms with E-state index in [1.54, 1.807) is 12.3 Å². The number of rotatable bonds is 4. The van der Waals surface area contributed by atoms with Gasteiger partial charge in [-0.25, -0.2) is 4.98 Å². The maximum atomic E-state index is 6.31. The van der Waals surface area contributed by atoms with Gasteiger partial charge in [-0.3, -0.25) is 0 Å².